The monoisotopic (exact) mass is 385 g/mol. The number of thiocarbonyl (C=S) groups is 1. The molecule has 1 aromatic carbocycles. The fraction of sp³-hybridized carbons (Fsp3) is 0.545. The van der Waals surface area contributed by atoms with Gasteiger partial charge in [0.05, 0.1) is 6.54 Å². The summed E-state index contributed by atoms with van der Waals surface area (Å²) in [6, 6.07) is 6.67. The number of rotatable bonds is 5. The lowest BCUT2D eigenvalue weighted by atomic mass is 10.0. The first-order valence-electron chi connectivity index (χ1n) is 10.0. The van der Waals surface area contributed by atoms with Gasteiger partial charge < -0.3 is 15.2 Å². The Bertz CT molecular complexity index is 881. The highest BCUT2D eigenvalue weighted by atomic mass is 32.1. The van der Waals surface area contributed by atoms with Crippen LogP contribution in [-0.2, 0) is 6.54 Å². The molecule has 1 aliphatic rings. The number of aryl methyl sites for hydroxylation is 2. The van der Waals surface area contributed by atoms with Gasteiger partial charge in [0.15, 0.2) is 5.11 Å². The van der Waals surface area contributed by atoms with Crippen molar-refractivity contribution in [3.05, 3.63) is 45.2 Å². The number of aromatic amines is 1. The summed E-state index contributed by atoms with van der Waals surface area (Å²) in [5.41, 5.74) is 4.04. The summed E-state index contributed by atoms with van der Waals surface area (Å²) in [4.78, 5) is 18.1. The quantitative estimate of drug-likeness (QED) is 0.748. The second kappa shape index (κ2) is 8.42. The summed E-state index contributed by atoms with van der Waals surface area (Å²) >= 11 is 5.71. The lowest BCUT2D eigenvalue weighted by Gasteiger charge is -2.32. The molecule has 0 atom stereocenters. The fourth-order valence-electron chi connectivity index (χ4n) is 3.99. The van der Waals surface area contributed by atoms with Crippen molar-refractivity contribution in [1.29, 1.82) is 0 Å². The molecule has 0 saturated heterocycles. The summed E-state index contributed by atoms with van der Waals surface area (Å²) in [6.45, 7) is 9.92. The van der Waals surface area contributed by atoms with E-state index in [1.807, 2.05) is 6.07 Å². The Morgan fingerprint density at radius 3 is 2.63 bits per heavy atom. The highest BCUT2D eigenvalue weighted by molar-refractivity contribution is 7.80. The lowest BCUT2D eigenvalue weighted by molar-refractivity contribution is 0.301. The second-order valence-electron chi connectivity index (χ2n) is 8.31. The predicted octanol–water partition coefficient (Wildman–Crippen LogP) is 4.42. The smallest absolute Gasteiger partial charge is 0.253 e. The van der Waals surface area contributed by atoms with Crippen LogP contribution in [-0.4, -0.2) is 27.6 Å². The summed E-state index contributed by atoms with van der Waals surface area (Å²) < 4.78 is 0. The predicted molar refractivity (Wildman–Crippen MR) is 117 cm³/mol. The fourth-order valence-corrected chi connectivity index (χ4v) is 4.29. The van der Waals surface area contributed by atoms with Gasteiger partial charge in [0.25, 0.3) is 5.56 Å². The van der Waals surface area contributed by atoms with E-state index >= 15 is 0 Å². The van der Waals surface area contributed by atoms with E-state index in [2.05, 4.69) is 55.0 Å². The number of nitrogens with zero attached hydrogens (tertiary/aromatic N) is 1. The molecule has 3 rings (SSSR count). The van der Waals surface area contributed by atoms with Crippen LogP contribution in [0.2, 0.25) is 0 Å². The van der Waals surface area contributed by atoms with Gasteiger partial charge in [-0.15, -0.1) is 0 Å². The van der Waals surface area contributed by atoms with Gasteiger partial charge in [0.1, 0.15) is 0 Å². The van der Waals surface area contributed by atoms with Gasteiger partial charge in [-0.05, 0) is 68.1 Å². The maximum atomic E-state index is 12.7. The minimum absolute atomic E-state index is 0.0119. The molecule has 4 nitrogen and oxygen atoms in total. The first kappa shape index (κ1) is 19.9. The Morgan fingerprint density at radius 1 is 1.26 bits per heavy atom. The number of hydrogen-bond acceptors (Lipinski definition) is 2. The number of nitrogens with one attached hydrogen (secondary N) is 2. The van der Waals surface area contributed by atoms with Crippen LogP contribution in [0.3, 0.4) is 0 Å². The van der Waals surface area contributed by atoms with Crippen LogP contribution in [0, 0.1) is 19.8 Å². The number of hydrogen-bond donors (Lipinski definition) is 2. The molecule has 0 spiro atoms. The largest absolute Gasteiger partial charge is 0.362 e. The van der Waals surface area contributed by atoms with E-state index < -0.39 is 0 Å². The minimum Gasteiger partial charge on any atom is -0.362 e. The van der Waals surface area contributed by atoms with Gasteiger partial charge in [-0.1, -0.05) is 32.8 Å². The third-order valence-electron chi connectivity index (χ3n) is 5.42. The second-order valence-corrected chi connectivity index (χ2v) is 8.70. The summed E-state index contributed by atoms with van der Waals surface area (Å²) in [5, 5.41) is 5.29. The molecule has 0 unspecified atom stereocenters. The third-order valence-corrected chi connectivity index (χ3v) is 5.80. The number of aromatic nitrogens is 1. The standard InChI is InChI=1S/C22H31N3OS/c1-14(2)12-23-22(27)25(18-7-5-6-8-18)13-17-11-19-16(4)9-15(3)10-20(19)24-21(17)26/h9-11,14,18H,5-8,12-13H2,1-4H3,(H,23,27)(H,24,26). The van der Waals surface area contributed by atoms with Crippen LogP contribution in [0.15, 0.2) is 23.0 Å². The van der Waals surface area contributed by atoms with E-state index in [0.29, 0.717) is 18.5 Å². The average Bonchev–Trinajstić information content (AvgIpc) is 3.12. The zero-order valence-electron chi connectivity index (χ0n) is 16.9. The lowest BCUT2D eigenvalue weighted by Crippen LogP contribution is -2.46. The van der Waals surface area contributed by atoms with Crippen molar-refractivity contribution >= 4 is 28.2 Å². The minimum atomic E-state index is -0.0119. The van der Waals surface area contributed by atoms with Crippen molar-refractivity contribution in [2.45, 2.75) is 66.0 Å². The first-order chi connectivity index (χ1) is 12.8. The normalized spacial score (nSPS) is 14.9. The Labute approximate surface area is 167 Å². The van der Waals surface area contributed by atoms with Crippen molar-refractivity contribution < 1.29 is 0 Å². The van der Waals surface area contributed by atoms with Gasteiger partial charge >= 0.3 is 0 Å². The highest BCUT2D eigenvalue weighted by Gasteiger charge is 2.25. The third kappa shape index (κ3) is 4.70. The number of pyridine rings is 1. The molecule has 2 aromatic rings. The Kier molecular flexibility index (Phi) is 6.20. The number of fused-ring (bicyclic) bond motifs is 1. The van der Waals surface area contributed by atoms with Gasteiger partial charge in [-0.25, -0.2) is 0 Å². The maximum Gasteiger partial charge on any atom is 0.253 e. The van der Waals surface area contributed by atoms with Crippen molar-refractivity contribution in [3.8, 4) is 0 Å². The van der Waals surface area contributed by atoms with Gasteiger partial charge in [-0.2, -0.15) is 0 Å². The molecule has 1 heterocycles. The van der Waals surface area contributed by atoms with Crippen LogP contribution in [0.5, 0.6) is 0 Å². The molecule has 1 fully saturated rings. The first-order valence-corrected chi connectivity index (χ1v) is 10.4. The number of benzene rings is 1. The SMILES string of the molecule is Cc1cc(C)c2cc(CN(C(=S)NCC(C)C)C3CCCC3)c(=O)[nH]c2c1. The molecule has 0 bridgehead atoms. The molecule has 1 aromatic heterocycles. The zero-order valence-corrected chi connectivity index (χ0v) is 17.7. The highest BCUT2D eigenvalue weighted by Crippen LogP contribution is 2.26. The molecular formula is C22H31N3OS. The molecule has 2 N–H and O–H groups in total. The average molecular weight is 386 g/mol. The van der Waals surface area contributed by atoms with Crippen LogP contribution in [0.4, 0.5) is 0 Å². The molecule has 27 heavy (non-hydrogen) atoms. The summed E-state index contributed by atoms with van der Waals surface area (Å²) in [7, 11) is 0. The van der Waals surface area contributed by atoms with E-state index in [9.17, 15) is 4.79 Å². The van der Waals surface area contributed by atoms with E-state index in [-0.39, 0.29) is 5.56 Å². The molecule has 0 amide bonds. The molecule has 146 valence electrons. The molecule has 5 heteroatoms. The zero-order chi connectivity index (χ0) is 19.6. The Balaban J connectivity index is 1.91. The summed E-state index contributed by atoms with van der Waals surface area (Å²) in [5.74, 6) is 0.531. The van der Waals surface area contributed by atoms with Crippen LogP contribution >= 0.6 is 12.2 Å². The van der Waals surface area contributed by atoms with E-state index in [1.54, 1.807) is 0 Å². The number of H-pyrrole nitrogens is 1. The van der Waals surface area contributed by atoms with Crippen LogP contribution < -0.4 is 10.9 Å². The molecule has 1 saturated carbocycles. The van der Waals surface area contributed by atoms with Crippen molar-refractivity contribution in [3.63, 3.8) is 0 Å². The van der Waals surface area contributed by atoms with Crippen LogP contribution in [0.25, 0.3) is 10.9 Å². The molecule has 1 aliphatic carbocycles. The van der Waals surface area contributed by atoms with Crippen LogP contribution in [0.1, 0.15) is 56.2 Å². The topological polar surface area (TPSA) is 48.1 Å². The van der Waals surface area contributed by atoms with Gasteiger partial charge in [0, 0.05) is 29.1 Å². The van der Waals surface area contributed by atoms with E-state index in [4.69, 9.17) is 12.2 Å². The Morgan fingerprint density at radius 2 is 1.96 bits per heavy atom. The van der Waals surface area contributed by atoms with Crippen molar-refractivity contribution in [1.82, 2.24) is 15.2 Å². The Hall–Kier alpha value is -1.88. The van der Waals surface area contributed by atoms with E-state index in [0.717, 1.165) is 46.5 Å². The molecular weight excluding hydrogens is 354 g/mol. The maximum absolute atomic E-state index is 12.7. The van der Waals surface area contributed by atoms with Gasteiger partial charge in [-0.3, -0.25) is 4.79 Å². The molecule has 0 radical (unpaired) electrons. The summed E-state index contributed by atoms with van der Waals surface area (Å²) in [6.07, 6.45) is 4.77. The van der Waals surface area contributed by atoms with E-state index in [1.165, 1.54) is 18.4 Å². The van der Waals surface area contributed by atoms with Crippen molar-refractivity contribution in [2.75, 3.05) is 6.54 Å². The van der Waals surface area contributed by atoms with Gasteiger partial charge in [0.2, 0.25) is 0 Å². The van der Waals surface area contributed by atoms with Crippen molar-refractivity contribution in [2.24, 2.45) is 5.92 Å². The molecule has 0 aliphatic heterocycles.